The van der Waals surface area contributed by atoms with Crippen LogP contribution in [0.4, 0.5) is 10.9 Å². The lowest BCUT2D eigenvalue weighted by Crippen LogP contribution is -2.27. The van der Waals surface area contributed by atoms with Crippen LogP contribution in [0, 0.1) is 5.92 Å². The van der Waals surface area contributed by atoms with Crippen LogP contribution in [0.25, 0.3) is 10.3 Å². The Balaban J connectivity index is 1.79. The van der Waals surface area contributed by atoms with Gasteiger partial charge >= 0.3 is 7.82 Å². The summed E-state index contributed by atoms with van der Waals surface area (Å²) in [6.45, 7) is 4.11. The Morgan fingerprint density at radius 3 is 2.80 bits per heavy atom. The summed E-state index contributed by atoms with van der Waals surface area (Å²) in [5, 5.41) is 4.08. The Kier molecular flexibility index (Phi) is 6.29. The summed E-state index contributed by atoms with van der Waals surface area (Å²) in [6, 6.07) is 8.85. The molecule has 0 saturated heterocycles. The number of thioether (sulfide) groups is 1. The van der Waals surface area contributed by atoms with Gasteiger partial charge in [-0.2, -0.15) is 0 Å². The largest absolute Gasteiger partial charge is 0.473 e. The molecule has 0 aliphatic carbocycles. The molecule has 0 amide bonds. The number of phosphoric acid groups is 1. The molecule has 1 aliphatic rings. The van der Waals surface area contributed by atoms with Gasteiger partial charge in [-0.25, -0.2) is 19.5 Å². The number of thiazole rings is 1. The molecule has 1 aromatic carbocycles. The molecule has 3 atom stereocenters. The third-order valence-electron chi connectivity index (χ3n) is 4.30. The number of nitrogens with two attached hydrogens (primary N) is 1. The van der Waals surface area contributed by atoms with Crippen LogP contribution in [0.15, 0.2) is 35.5 Å². The first-order valence-electron chi connectivity index (χ1n) is 9.37. The molecule has 0 fully saturated rings. The number of hydrogen-bond acceptors (Lipinski definition) is 10. The standard InChI is InChI=1S/C18H22N5O4PS2/c1-10(2)8-12-9-26-28(24,25)27-16(11-6-4-3-5-7-11)30-18-22-14(20-12)13-15(23-18)21-17(19)29-13/h3-7,10,12,16H,8-9H2,1-2H3,(H,24,25)(H3,19,20,21,22,23)/t12?,16-/m1/s1. The van der Waals surface area contributed by atoms with Gasteiger partial charge in [0.1, 0.15) is 10.1 Å². The minimum atomic E-state index is -4.33. The fraction of sp³-hybridized carbons (Fsp3) is 0.389. The van der Waals surface area contributed by atoms with Gasteiger partial charge in [-0.15, -0.1) is 0 Å². The summed E-state index contributed by atoms with van der Waals surface area (Å²) in [7, 11) is -4.33. The smallest absolute Gasteiger partial charge is 0.375 e. The van der Waals surface area contributed by atoms with Crippen molar-refractivity contribution >= 4 is 52.2 Å². The second-order valence-electron chi connectivity index (χ2n) is 7.26. The zero-order chi connectivity index (χ0) is 21.3. The number of phosphoric ester groups is 1. The Morgan fingerprint density at radius 2 is 2.07 bits per heavy atom. The molecule has 2 unspecified atom stereocenters. The van der Waals surface area contributed by atoms with Gasteiger partial charge in [0.25, 0.3) is 0 Å². The monoisotopic (exact) mass is 467 g/mol. The maximum atomic E-state index is 12.7. The predicted octanol–water partition coefficient (Wildman–Crippen LogP) is 4.43. The van der Waals surface area contributed by atoms with Crippen LogP contribution in [0.5, 0.6) is 0 Å². The van der Waals surface area contributed by atoms with Crippen LogP contribution < -0.4 is 11.1 Å². The van der Waals surface area contributed by atoms with Crippen molar-refractivity contribution in [2.75, 3.05) is 17.7 Å². The number of aromatic nitrogens is 3. The molecule has 9 nitrogen and oxygen atoms in total. The average Bonchev–Trinajstić information content (AvgIpc) is 3.05. The van der Waals surface area contributed by atoms with Gasteiger partial charge in [0, 0.05) is 0 Å². The second-order valence-corrected chi connectivity index (χ2v) is 10.7. The summed E-state index contributed by atoms with van der Waals surface area (Å²) >= 11 is 2.40. The summed E-state index contributed by atoms with van der Waals surface area (Å²) in [6.07, 6.45) is 0.699. The van der Waals surface area contributed by atoms with Crippen LogP contribution >= 0.6 is 30.9 Å². The van der Waals surface area contributed by atoms with E-state index < -0.39 is 13.3 Å². The van der Waals surface area contributed by atoms with Gasteiger partial charge in [0.2, 0.25) is 0 Å². The molecule has 2 bridgehead atoms. The van der Waals surface area contributed by atoms with E-state index in [2.05, 4.69) is 34.1 Å². The van der Waals surface area contributed by atoms with E-state index in [9.17, 15) is 9.46 Å². The molecule has 160 valence electrons. The highest BCUT2D eigenvalue weighted by molar-refractivity contribution is 7.99. The number of rotatable bonds is 3. The highest BCUT2D eigenvalue weighted by Gasteiger charge is 2.32. The number of anilines is 2. The van der Waals surface area contributed by atoms with Crippen LogP contribution in [-0.2, 0) is 13.6 Å². The molecule has 30 heavy (non-hydrogen) atoms. The highest BCUT2D eigenvalue weighted by Crippen LogP contribution is 2.52. The van der Waals surface area contributed by atoms with Gasteiger partial charge in [-0.1, -0.05) is 55.5 Å². The third-order valence-corrected chi connectivity index (χ3v) is 7.25. The zero-order valence-corrected chi connectivity index (χ0v) is 18.9. The number of benzene rings is 1. The number of nitrogens with one attached hydrogen (secondary N) is 1. The van der Waals surface area contributed by atoms with Gasteiger partial charge in [0.05, 0.1) is 12.6 Å². The van der Waals surface area contributed by atoms with Crippen LogP contribution in [-0.4, -0.2) is 32.5 Å². The van der Waals surface area contributed by atoms with E-state index in [-0.39, 0.29) is 12.6 Å². The summed E-state index contributed by atoms with van der Waals surface area (Å²) in [4.78, 5) is 23.8. The van der Waals surface area contributed by atoms with E-state index in [0.29, 0.717) is 39.7 Å². The number of hydrogen-bond donors (Lipinski definition) is 3. The molecule has 3 aromatic rings. The van der Waals surface area contributed by atoms with E-state index in [1.165, 1.54) is 11.3 Å². The van der Waals surface area contributed by atoms with Crippen molar-refractivity contribution in [1.82, 2.24) is 15.0 Å². The number of fused-ring (bicyclic) bond motifs is 4. The molecule has 4 N–H and O–H groups in total. The first-order valence-corrected chi connectivity index (χ1v) is 12.6. The van der Waals surface area contributed by atoms with E-state index in [0.717, 1.165) is 16.5 Å². The molecular formula is C18H22N5O4PS2. The quantitative estimate of drug-likeness (QED) is 0.375. The molecule has 3 heterocycles. The van der Waals surface area contributed by atoms with Gasteiger partial charge in [-0.05, 0) is 29.7 Å². The second kappa shape index (κ2) is 8.78. The van der Waals surface area contributed by atoms with Crippen molar-refractivity contribution in [2.45, 2.75) is 36.9 Å². The Morgan fingerprint density at radius 1 is 1.30 bits per heavy atom. The predicted molar refractivity (Wildman–Crippen MR) is 118 cm³/mol. The SMILES string of the molecule is CC(C)CC1COP(=O)(O)O[C@@H](c2ccccc2)Sc2nc(c3sc(N)nc3n2)N1. The van der Waals surface area contributed by atoms with Gasteiger partial charge in [0.15, 0.2) is 21.8 Å². The van der Waals surface area contributed by atoms with Crippen LogP contribution in [0.2, 0.25) is 0 Å². The maximum absolute atomic E-state index is 12.7. The Labute approximate surface area is 182 Å². The van der Waals surface area contributed by atoms with Crippen molar-refractivity contribution in [1.29, 1.82) is 0 Å². The van der Waals surface area contributed by atoms with E-state index in [4.69, 9.17) is 14.8 Å². The van der Waals surface area contributed by atoms with Crippen LogP contribution in [0.3, 0.4) is 0 Å². The summed E-state index contributed by atoms with van der Waals surface area (Å²) in [5.74, 6) is 0.900. The summed E-state index contributed by atoms with van der Waals surface area (Å²) < 4.78 is 24.3. The maximum Gasteiger partial charge on any atom is 0.473 e. The Hall–Kier alpha value is -1.75. The van der Waals surface area contributed by atoms with E-state index in [1.807, 2.05) is 18.2 Å². The van der Waals surface area contributed by atoms with Gasteiger partial charge < -0.3 is 15.9 Å². The molecule has 1 aliphatic heterocycles. The lowest BCUT2D eigenvalue weighted by molar-refractivity contribution is 0.133. The van der Waals surface area contributed by atoms with Crippen LogP contribution in [0.1, 0.15) is 31.3 Å². The molecule has 0 radical (unpaired) electrons. The first-order chi connectivity index (χ1) is 14.3. The molecule has 12 heteroatoms. The summed E-state index contributed by atoms with van der Waals surface area (Å²) in [5.41, 5.74) is 6.22. The third kappa shape index (κ3) is 5.11. The lowest BCUT2D eigenvalue weighted by Gasteiger charge is -2.23. The van der Waals surface area contributed by atoms with E-state index in [1.54, 1.807) is 12.1 Å². The van der Waals surface area contributed by atoms with Crippen molar-refractivity contribution in [2.24, 2.45) is 5.92 Å². The highest BCUT2D eigenvalue weighted by atomic mass is 32.2. The minimum absolute atomic E-state index is 0.0206. The molecular weight excluding hydrogens is 445 g/mol. The lowest BCUT2D eigenvalue weighted by atomic mass is 10.0. The fourth-order valence-electron chi connectivity index (χ4n) is 3.09. The van der Waals surface area contributed by atoms with Crippen molar-refractivity contribution < 1.29 is 18.5 Å². The zero-order valence-electron chi connectivity index (χ0n) is 16.4. The fourth-order valence-corrected chi connectivity index (χ4v) is 5.88. The van der Waals surface area contributed by atoms with Crippen molar-refractivity contribution in [3.63, 3.8) is 0 Å². The van der Waals surface area contributed by atoms with Crippen molar-refractivity contribution in [3.8, 4) is 0 Å². The normalized spacial score (nSPS) is 25.1. The average molecular weight is 468 g/mol. The molecule has 4 rings (SSSR count). The molecule has 0 saturated carbocycles. The topological polar surface area (TPSA) is 132 Å². The number of nitrogens with zero attached hydrogens (tertiary/aromatic N) is 3. The van der Waals surface area contributed by atoms with E-state index >= 15 is 0 Å². The Bertz CT molecular complexity index is 1080. The molecule has 0 spiro atoms. The first kappa shape index (κ1) is 21.5. The van der Waals surface area contributed by atoms with Gasteiger partial charge in [-0.3, -0.25) is 9.05 Å². The molecule has 2 aromatic heterocycles. The van der Waals surface area contributed by atoms with Crippen molar-refractivity contribution in [3.05, 3.63) is 35.9 Å². The number of nitrogen functional groups attached to an aromatic ring is 1. The minimum Gasteiger partial charge on any atom is -0.375 e.